The Morgan fingerprint density at radius 3 is 2.35 bits per heavy atom. The highest BCUT2D eigenvalue weighted by Gasteiger charge is 2.23. The Kier molecular flexibility index (Phi) is 6.57. The highest BCUT2D eigenvalue weighted by Crippen LogP contribution is 2.06. The van der Waals surface area contributed by atoms with Crippen LogP contribution in [0, 0.1) is 0 Å². The first-order chi connectivity index (χ1) is 7.76. The molecule has 0 rings (SSSR count). The number of ether oxygens (including phenoxy) is 2. The van der Waals surface area contributed by atoms with Crippen LogP contribution in [0.4, 0.5) is 4.79 Å². The van der Waals surface area contributed by atoms with Crippen molar-refractivity contribution in [2.75, 3.05) is 13.2 Å². The molecular weight excluding hydrogens is 226 g/mol. The fourth-order valence-electron chi connectivity index (χ4n) is 0.970. The number of carbonyl (C=O) groups is 2. The van der Waals surface area contributed by atoms with Gasteiger partial charge < -0.3 is 19.9 Å². The number of amides is 1. The predicted octanol–water partition coefficient (Wildman–Crippen LogP) is 1.39. The lowest BCUT2D eigenvalue weighted by Crippen LogP contribution is -2.46. The topological polar surface area (TPSA) is 84.9 Å². The molecule has 0 fully saturated rings. The molecule has 6 nitrogen and oxygen atoms in total. The van der Waals surface area contributed by atoms with Crippen molar-refractivity contribution in [1.82, 2.24) is 5.32 Å². The zero-order valence-electron chi connectivity index (χ0n) is 10.8. The van der Waals surface area contributed by atoms with Gasteiger partial charge in [0.1, 0.15) is 5.60 Å². The van der Waals surface area contributed by atoms with Crippen LogP contribution in [0.5, 0.6) is 0 Å². The standard InChI is InChI=1S/C11H21NO5/c1-5-6-16-7-8(9(13)14)12-10(15)17-11(2,3)4/h8H,5-7H2,1-4H3,(H,12,15)(H,13,14). The summed E-state index contributed by atoms with van der Waals surface area (Å²) in [7, 11) is 0. The van der Waals surface area contributed by atoms with Gasteiger partial charge in [-0.15, -0.1) is 0 Å². The monoisotopic (exact) mass is 247 g/mol. The van der Waals surface area contributed by atoms with Crippen molar-refractivity contribution in [3.05, 3.63) is 0 Å². The van der Waals surface area contributed by atoms with Gasteiger partial charge >= 0.3 is 12.1 Å². The van der Waals surface area contributed by atoms with Gasteiger partial charge in [-0.1, -0.05) is 6.92 Å². The molecule has 0 aromatic rings. The third-order valence-corrected chi connectivity index (χ3v) is 1.62. The van der Waals surface area contributed by atoms with Crippen LogP contribution in [0.2, 0.25) is 0 Å². The molecule has 2 N–H and O–H groups in total. The van der Waals surface area contributed by atoms with Crippen molar-refractivity contribution in [3.8, 4) is 0 Å². The van der Waals surface area contributed by atoms with Crippen LogP contribution in [0.25, 0.3) is 0 Å². The first-order valence-electron chi connectivity index (χ1n) is 5.56. The molecule has 0 spiro atoms. The third kappa shape index (κ3) is 8.50. The van der Waals surface area contributed by atoms with E-state index in [1.165, 1.54) is 0 Å². The number of rotatable bonds is 6. The van der Waals surface area contributed by atoms with Gasteiger partial charge in [0, 0.05) is 6.61 Å². The van der Waals surface area contributed by atoms with Crippen molar-refractivity contribution >= 4 is 12.1 Å². The van der Waals surface area contributed by atoms with Crippen LogP contribution < -0.4 is 5.32 Å². The zero-order valence-corrected chi connectivity index (χ0v) is 10.8. The van der Waals surface area contributed by atoms with Gasteiger partial charge in [0.05, 0.1) is 6.61 Å². The summed E-state index contributed by atoms with van der Waals surface area (Å²) in [5.74, 6) is -1.15. The maximum atomic E-state index is 11.4. The SMILES string of the molecule is CCCOCC(NC(=O)OC(C)(C)C)C(=O)O. The molecule has 0 aliphatic heterocycles. The van der Waals surface area contributed by atoms with E-state index in [9.17, 15) is 9.59 Å². The third-order valence-electron chi connectivity index (χ3n) is 1.62. The highest BCUT2D eigenvalue weighted by molar-refractivity contribution is 5.80. The molecular formula is C11H21NO5. The van der Waals surface area contributed by atoms with E-state index < -0.39 is 23.7 Å². The molecule has 1 atom stereocenters. The lowest BCUT2D eigenvalue weighted by molar-refractivity contribution is -0.141. The van der Waals surface area contributed by atoms with Crippen LogP contribution >= 0.6 is 0 Å². The predicted molar refractivity (Wildman–Crippen MR) is 61.9 cm³/mol. The van der Waals surface area contributed by atoms with Gasteiger partial charge in [-0.05, 0) is 27.2 Å². The molecule has 0 aromatic carbocycles. The summed E-state index contributed by atoms with van der Waals surface area (Å²) in [6.45, 7) is 7.42. The van der Waals surface area contributed by atoms with Gasteiger partial charge in [0.25, 0.3) is 0 Å². The number of carboxylic acid groups (broad SMARTS) is 1. The Labute approximate surface area is 101 Å². The Morgan fingerprint density at radius 2 is 1.94 bits per heavy atom. The maximum absolute atomic E-state index is 11.4. The second-order valence-electron chi connectivity index (χ2n) is 4.61. The Morgan fingerprint density at radius 1 is 1.35 bits per heavy atom. The summed E-state index contributed by atoms with van der Waals surface area (Å²) in [4.78, 5) is 22.2. The molecule has 6 heteroatoms. The first kappa shape index (κ1) is 15.7. The fourth-order valence-corrected chi connectivity index (χ4v) is 0.970. The molecule has 1 unspecified atom stereocenters. The Hall–Kier alpha value is -1.30. The van der Waals surface area contributed by atoms with E-state index in [4.69, 9.17) is 14.6 Å². The molecule has 0 aliphatic rings. The molecule has 100 valence electrons. The molecule has 17 heavy (non-hydrogen) atoms. The minimum Gasteiger partial charge on any atom is -0.480 e. The number of carboxylic acids is 1. The minimum absolute atomic E-state index is 0.0670. The molecule has 1 amide bonds. The quantitative estimate of drug-likeness (QED) is 0.693. The Bertz CT molecular complexity index is 259. The van der Waals surface area contributed by atoms with Crippen LogP contribution in [-0.2, 0) is 14.3 Å². The molecule has 0 radical (unpaired) electrons. The van der Waals surface area contributed by atoms with Gasteiger partial charge in [-0.25, -0.2) is 9.59 Å². The van der Waals surface area contributed by atoms with E-state index in [0.29, 0.717) is 6.61 Å². The number of alkyl carbamates (subject to hydrolysis) is 1. The van der Waals surface area contributed by atoms with Crippen molar-refractivity contribution in [1.29, 1.82) is 0 Å². The smallest absolute Gasteiger partial charge is 0.408 e. The lowest BCUT2D eigenvalue weighted by atomic mass is 10.2. The number of carbonyl (C=O) groups excluding carboxylic acids is 1. The second-order valence-corrected chi connectivity index (χ2v) is 4.61. The van der Waals surface area contributed by atoms with Crippen molar-refractivity contribution in [3.63, 3.8) is 0 Å². The summed E-state index contributed by atoms with van der Waals surface area (Å²) in [5.41, 5.74) is -0.655. The average molecular weight is 247 g/mol. The molecule has 0 bridgehead atoms. The largest absolute Gasteiger partial charge is 0.480 e. The highest BCUT2D eigenvalue weighted by atomic mass is 16.6. The minimum atomic E-state index is -1.15. The summed E-state index contributed by atoms with van der Waals surface area (Å²) in [5, 5.41) is 11.1. The number of aliphatic carboxylic acids is 1. The van der Waals surface area contributed by atoms with Gasteiger partial charge in [0.2, 0.25) is 0 Å². The van der Waals surface area contributed by atoms with Gasteiger partial charge in [-0.2, -0.15) is 0 Å². The van der Waals surface area contributed by atoms with E-state index in [1.807, 2.05) is 6.92 Å². The average Bonchev–Trinajstić information content (AvgIpc) is 2.13. The number of hydrogen-bond acceptors (Lipinski definition) is 4. The van der Waals surface area contributed by atoms with E-state index in [0.717, 1.165) is 6.42 Å². The molecule has 0 aliphatic carbocycles. The first-order valence-corrected chi connectivity index (χ1v) is 5.56. The van der Waals surface area contributed by atoms with Crippen LogP contribution in [0.3, 0.4) is 0 Å². The molecule has 0 saturated carbocycles. The van der Waals surface area contributed by atoms with Gasteiger partial charge in [-0.3, -0.25) is 0 Å². The van der Waals surface area contributed by atoms with Crippen molar-refractivity contribution in [2.45, 2.75) is 45.8 Å². The van der Waals surface area contributed by atoms with Crippen molar-refractivity contribution < 1.29 is 24.2 Å². The summed E-state index contributed by atoms with van der Waals surface area (Å²) in [6.07, 6.45) is 0.0312. The lowest BCUT2D eigenvalue weighted by Gasteiger charge is -2.21. The van der Waals surface area contributed by atoms with Crippen LogP contribution in [-0.4, -0.2) is 42.0 Å². The Balaban J connectivity index is 4.16. The molecule has 0 saturated heterocycles. The fraction of sp³-hybridized carbons (Fsp3) is 0.818. The second kappa shape index (κ2) is 7.11. The number of hydrogen-bond donors (Lipinski definition) is 2. The molecule has 0 heterocycles. The summed E-state index contributed by atoms with van der Waals surface area (Å²) in [6, 6.07) is -1.09. The summed E-state index contributed by atoms with van der Waals surface area (Å²) < 4.78 is 10.0. The van der Waals surface area contributed by atoms with Gasteiger partial charge in [0.15, 0.2) is 6.04 Å². The van der Waals surface area contributed by atoms with E-state index in [1.54, 1.807) is 20.8 Å². The molecule has 0 aromatic heterocycles. The van der Waals surface area contributed by atoms with E-state index >= 15 is 0 Å². The van der Waals surface area contributed by atoms with E-state index in [2.05, 4.69) is 5.32 Å². The summed E-state index contributed by atoms with van der Waals surface area (Å²) >= 11 is 0. The number of nitrogens with one attached hydrogen (secondary N) is 1. The maximum Gasteiger partial charge on any atom is 0.408 e. The normalized spacial score (nSPS) is 12.9. The van der Waals surface area contributed by atoms with Crippen LogP contribution in [0.1, 0.15) is 34.1 Å². The van der Waals surface area contributed by atoms with Crippen LogP contribution in [0.15, 0.2) is 0 Å². The zero-order chi connectivity index (χ0) is 13.5. The van der Waals surface area contributed by atoms with E-state index in [-0.39, 0.29) is 6.61 Å². The van der Waals surface area contributed by atoms with Crippen molar-refractivity contribution in [2.24, 2.45) is 0 Å².